The molecule has 0 aliphatic rings. The first-order valence-electron chi connectivity index (χ1n) is 6.89. The van der Waals surface area contributed by atoms with Gasteiger partial charge in [-0.2, -0.15) is 0 Å². The summed E-state index contributed by atoms with van der Waals surface area (Å²) in [6.07, 6.45) is 1.43. The molecule has 0 radical (unpaired) electrons. The van der Waals surface area contributed by atoms with Gasteiger partial charge in [-0.05, 0) is 44.5 Å². The van der Waals surface area contributed by atoms with E-state index in [0.717, 1.165) is 31.9 Å². The average molecular weight is 250 g/mol. The van der Waals surface area contributed by atoms with E-state index in [1.165, 1.54) is 12.0 Å². The summed E-state index contributed by atoms with van der Waals surface area (Å²) in [6.45, 7) is 10.3. The summed E-state index contributed by atoms with van der Waals surface area (Å²) >= 11 is 0. The smallest absolute Gasteiger partial charge is 0.119 e. The van der Waals surface area contributed by atoms with Gasteiger partial charge in [0.25, 0.3) is 0 Å². The second-order valence-corrected chi connectivity index (χ2v) is 4.74. The van der Waals surface area contributed by atoms with Gasteiger partial charge in [-0.15, -0.1) is 0 Å². The number of hydrogen-bond acceptors (Lipinski definition) is 3. The van der Waals surface area contributed by atoms with E-state index in [9.17, 15) is 0 Å². The molecule has 18 heavy (non-hydrogen) atoms. The minimum absolute atomic E-state index is 0.235. The van der Waals surface area contributed by atoms with Crippen LogP contribution in [0.2, 0.25) is 0 Å². The highest BCUT2D eigenvalue weighted by Crippen LogP contribution is 2.13. The SMILES string of the molecule is CCCNCCNCc1ccc(OC(C)C)cc1. The van der Waals surface area contributed by atoms with E-state index in [0.29, 0.717) is 0 Å². The Bertz CT molecular complexity index is 309. The minimum Gasteiger partial charge on any atom is -0.491 e. The molecule has 0 atom stereocenters. The van der Waals surface area contributed by atoms with Crippen molar-refractivity contribution in [2.24, 2.45) is 0 Å². The van der Waals surface area contributed by atoms with Gasteiger partial charge in [0.15, 0.2) is 0 Å². The summed E-state index contributed by atoms with van der Waals surface area (Å²) in [5, 5.41) is 6.79. The second-order valence-electron chi connectivity index (χ2n) is 4.74. The Morgan fingerprint density at radius 2 is 1.67 bits per heavy atom. The zero-order valence-corrected chi connectivity index (χ0v) is 11.8. The zero-order valence-electron chi connectivity index (χ0n) is 11.8. The van der Waals surface area contributed by atoms with Crippen LogP contribution in [0.25, 0.3) is 0 Å². The third kappa shape index (κ3) is 6.62. The highest BCUT2D eigenvalue weighted by Gasteiger charge is 1.97. The predicted molar refractivity (Wildman–Crippen MR) is 77.1 cm³/mol. The second kappa shape index (κ2) is 8.95. The lowest BCUT2D eigenvalue weighted by Crippen LogP contribution is -2.27. The first-order chi connectivity index (χ1) is 8.72. The van der Waals surface area contributed by atoms with E-state index in [4.69, 9.17) is 4.74 Å². The first-order valence-corrected chi connectivity index (χ1v) is 6.89. The quantitative estimate of drug-likeness (QED) is 0.661. The maximum Gasteiger partial charge on any atom is 0.119 e. The number of benzene rings is 1. The van der Waals surface area contributed by atoms with E-state index in [1.807, 2.05) is 26.0 Å². The largest absolute Gasteiger partial charge is 0.491 e. The van der Waals surface area contributed by atoms with Crippen LogP contribution in [-0.2, 0) is 6.54 Å². The number of rotatable bonds is 9. The van der Waals surface area contributed by atoms with E-state index in [1.54, 1.807) is 0 Å². The monoisotopic (exact) mass is 250 g/mol. The molecule has 2 N–H and O–H groups in total. The molecule has 0 heterocycles. The molecule has 0 aromatic heterocycles. The normalized spacial score (nSPS) is 10.9. The lowest BCUT2D eigenvalue weighted by atomic mass is 10.2. The van der Waals surface area contributed by atoms with Gasteiger partial charge in [-0.1, -0.05) is 19.1 Å². The fourth-order valence-corrected chi connectivity index (χ4v) is 1.67. The van der Waals surface area contributed by atoms with E-state index < -0.39 is 0 Å². The fraction of sp³-hybridized carbons (Fsp3) is 0.600. The van der Waals surface area contributed by atoms with Crippen LogP contribution in [0, 0.1) is 0 Å². The summed E-state index contributed by atoms with van der Waals surface area (Å²) in [6, 6.07) is 8.30. The highest BCUT2D eigenvalue weighted by molar-refractivity contribution is 5.27. The van der Waals surface area contributed by atoms with Crippen molar-refractivity contribution in [3.05, 3.63) is 29.8 Å². The Morgan fingerprint density at radius 1 is 1.00 bits per heavy atom. The van der Waals surface area contributed by atoms with Gasteiger partial charge >= 0.3 is 0 Å². The van der Waals surface area contributed by atoms with Crippen LogP contribution >= 0.6 is 0 Å². The maximum atomic E-state index is 5.61. The molecule has 1 aromatic rings. The molecule has 1 aromatic carbocycles. The molecule has 102 valence electrons. The molecule has 0 aliphatic heterocycles. The summed E-state index contributed by atoms with van der Waals surface area (Å²) in [5.41, 5.74) is 1.29. The van der Waals surface area contributed by atoms with Crippen LogP contribution in [0.4, 0.5) is 0 Å². The third-order valence-electron chi connectivity index (χ3n) is 2.53. The van der Waals surface area contributed by atoms with Crippen LogP contribution in [-0.4, -0.2) is 25.7 Å². The van der Waals surface area contributed by atoms with Gasteiger partial charge in [0, 0.05) is 19.6 Å². The van der Waals surface area contributed by atoms with Crippen molar-refractivity contribution in [3.8, 4) is 5.75 Å². The fourth-order valence-electron chi connectivity index (χ4n) is 1.67. The molecular weight excluding hydrogens is 224 g/mol. The molecule has 1 rings (SSSR count). The molecule has 0 saturated carbocycles. The molecule has 0 amide bonds. The molecule has 0 fully saturated rings. The Balaban J connectivity index is 2.18. The van der Waals surface area contributed by atoms with Crippen LogP contribution in [0.3, 0.4) is 0 Å². The van der Waals surface area contributed by atoms with Gasteiger partial charge in [0.05, 0.1) is 6.10 Å². The van der Waals surface area contributed by atoms with Crippen molar-refractivity contribution in [2.75, 3.05) is 19.6 Å². The number of hydrogen-bond donors (Lipinski definition) is 2. The summed E-state index contributed by atoms with van der Waals surface area (Å²) in [5.74, 6) is 0.943. The van der Waals surface area contributed by atoms with Crippen LogP contribution in [0.1, 0.15) is 32.8 Å². The van der Waals surface area contributed by atoms with Gasteiger partial charge in [-0.3, -0.25) is 0 Å². The van der Waals surface area contributed by atoms with Crippen molar-refractivity contribution >= 4 is 0 Å². The minimum atomic E-state index is 0.235. The van der Waals surface area contributed by atoms with Gasteiger partial charge in [-0.25, -0.2) is 0 Å². The topological polar surface area (TPSA) is 33.3 Å². The molecule has 0 saturated heterocycles. The Morgan fingerprint density at radius 3 is 2.28 bits per heavy atom. The molecule has 0 aliphatic carbocycles. The molecule has 0 unspecified atom stereocenters. The highest BCUT2D eigenvalue weighted by atomic mass is 16.5. The van der Waals surface area contributed by atoms with E-state index in [-0.39, 0.29) is 6.10 Å². The predicted octanol–water partition coefficient (Wildman–Crippen LogP) is 2.56. The molecular formula is C15H26N2O. The molecule has 3 heteroatoms. The number of ether oxygens (including phenoxy) is 1. The Hall–Kier alpha value is -1.06. The van der Waals surface area contributed by atoms with Crippen molar-refractivity contribution in [1.82, 2.24) is 10.6 Å². The number of nitrogens with one attached hydrogen (secondary N) is 2. The van der Waals surface area contributed by atoms with E-state index in [2.05, 4.69) is 29.7 Å². The van der Waals surface area contributed by atoms with Crippen molar-refractivity contribution in [2.45, 2.75) is 39.8 Å². The lowest BCUT2D eigenvalue weighted by Gasteiger charge is -2.10. The van der Waals surface area contributed by atoms with Gasteiger partial charge in [0.2, 0.25) is 0 Å². The van der Waals surface area contributed by atoms with Gasteiger partial charge < -0.3 is 15.4 Å². The van der Waals surface area contributed by atoms with Crippen molar-refractivity contribution in [3.63, 3.8) is 0 Å². The summed E-state index contributed by atoms with van der Waals surface area (Å²) < 4.78 is 5.61. The molecule has 0 bridgehead atoms. The lowest BCUT2D eigenvalue weighted by molar-refractivity contribution is 0.242. The Kier molecular flexibility index (Phi) is 7.46. The zero-order chi connectivity index (χ0) is 13.2. The maximum absolute atomic E-state index is 5.61. The standard InChI is InChI=1S/C15H26N2O/c1-4-9-16-10-11-17-12-14-5-7-15(8-6-14)18-13(2)3/h5-8,13,16-17H,4,9-12H2,1-3H3. The van der Waals surface area contributed by atoms with Crippen molar-refractivity contribution in [1.29, 1.82) is 0 Å². The van der Waals surface area contributed by atoms with Crippen LogP contribution in [0.15, 0.2) is 24.3 Å². The van der Waals surface area contributed by atoms with Gasteiger partial charge in [0.1, 0.15) is 5.75 Å². The molecule has 3 nitrogen and oxygen atoms in total. The Labute approximate surface area is 111 Å². The van der Waals surface area contributed by atoms with E-state index >= 15 is 0 Å². The van der Waals surface area contributed by atoms with Crippen LogP contribution < -0.4 is 15.4 Å². The average Bonchev–Trinajstić information content (AvgIpc) is 2.35. The van der Waals surface area contributed by atoms with Crippen molar-refractivity contribution < 1.29 is 4.74 Å². The van der Waals surface area contributed by atoms with Crippen LogP contribution in [0.5, 0.6) is 5.75 Å². The summed E-state index contributed by atoms with van der Waals surface area (Å²) in [7, 11) is 0. The third-order valence-corrected chi connectivity index (χ3v) is 2.53. The first kappa shape index (κ1) is 15.0. The summed E-state index contributed by atoms with van der Waals surface area (Å²) in [4.78, 5) is 0. The molecule has 0 spiro atoms.